The third-order valence-electron chi connectivity index (χ3n) is 2.53. The van der Waals surface area contributed by atoms with Gasteiger partial charge in [0.05, 0.1) is 12.2 Å². The minimum absolute atomic E-state index is 0.215. The Morgan fingerprint density at radius 3 is 2.94 bits per heavy atom. The molecule has 1 aromatic carbocycles. The van der Waals surface area contributed by atoms with Gasteiger partial charge in [0.25, 0.3) is 5.91 Å². The first-order valence-electron chi connectivity index (χ1n) is 5.39. The summed E-state index contributed by atoms with van der Waals surface area (Å²) in [6.07, 6.45) is 0. The largest absolute Gasteiger partial charge is 0.397 e. The van der Waals surface area contributed by atoms with E-state index in [9.17, 15) is 4.79 Å². The molecule has 3 N–H and O–H groups in total. The molecule has 1 amide bonds. The summed E-state index contributed by atoms with van der Waals surface area (Å²) in [6.45, 7) is 5.76. The first-order chi connectivity index (χ1) is 8.49. The number of carbonyl (C=O) groups is 1. The van der Waals surface area contributed by atoms with Gasteiger partial charge in [-0.05, 0) is 19.1 Å². The van der Waals surface area contributed by atoms with Crippen LogP contribution in [-0.2, 0) is 0 Å². The van der Waals surface area contributed by atoms with Crippen LogP contribution in [0.2, 0.25) is 0 Å². The molecule has 0 spiro atoms. The van der Waals surface area contributed by atoms with Crippen molar-refractivity contribution in [3.05, 3.63) is 40.3 Å². The van der Waals surface area contributed by atoms with E-state index in [4.69, 9.17) is 17.3 Å². The number of nitrogens with two attached hydrogens (primary N) is 1. The second-order valence-corrected chi connectivity index (χ2v) is 5.63. The van der Waals surface area contributed by atoms with Crippen LogP contribution in [0, 0.1) is 6.92 Å². The molecule has 0 aliphatic carbocycles. The zero-order chi connectivity index (χ0) is 13.3. The molecular weight excluding hydrogens is 268 g/mol. The fourth-order valence-corrected chi connectivity index (χ4v) is 2.74. The smallest absolute Gasteiger partial charge is 0.263 e. The molecule has 94 valence electrons. The quantitative estimate of drug-likeness (QED) is 0.906. The van der Waals surface area contributed by atoms with Crippen molar-refractivity contribution in [1.29, 1.82) is 0 Å². The van der Waals surface area contributed by atoms with E-state index in [-0.39, 0.29) is 12.5 Å². The number of halogens is 1. The van der Waals surface area contributed by atoms with Crippen LogP contribution >= 0.6 is 22.9 Å². The van der Waals surface area contributed by atoms with E-state index in [2.05, 4.69) is 11.9 Å². The maximum Gasteiger partial charge on any atom is 0.263 e. The zero-order valence-corrected chi connectivity index (χ0v) is 11.5. The van der Waals surface area contributed by atoms with Crippen molar-refractivity contribution in [2.24, 2.45) is 0 Å². The Morgan fingerprint density at radius 2 is 2.28 bits per heavy atom. The summed E-state index contributed by atoms with van der Waals surface area (Å²) in [4.78, 5) is 12.5. The molecule has 3 nitrogen and oxygen atoms in total. The van der Waals surface area contributed by atoms with Crippen LogP contribution in [0.15, 0.2) is 29.8 Å². The molecular formula is C13H13ClN2OS. The molecule has 0 radical (unpaired) electrons. The second-order valence-electron chi connectivity index (χ2n) is 4.04. The van der Waals surface area contributed by atoms with Gasteiger partial charge in [-0.3, -0.25) is 4.79 Å². The van der Waals surface area contributed by atoms with Gasteiger partial charge in [-0.15, -0.1) is 11.3 Å². The topological polar surface area (TPSA) is 55.1 Å². The number of hydrogen-bond acceptors (Lipinski definition) is 3. The van der Waals surface area contributed by atoms with Gasteiger partial charge in [-0.25, -0.2) is 0 Å². The Labute approximate surface area is 114 Å². The molecule has 0 aliphatic rings. The lowest BCUT2D eigenvalue weighted by atomic mass is 10.1. The minimum Gasteiger partial charge on any atom is -0.397 e. The number of rotatable bonds is 3. The summed E-state index contributed by atoms with van der Waals surface area (Å²) in [7, 11) is 0. The number of aryl methyl sites for hydroxylation is 1. The van der Waals surface area contributed by atoms with Crippen molar-refractivity contribution in [2.45, 2.75) is 6.92 Å². The molecule has 1 heterocycles. The molecule has 0 fully saturated rings. The summed E-state index contributed by atoms with van der Waals surface area (Å²) >= 11 is 6.99. The van der Waals surface area contributed by atoms with E-state index in [1.165, 1.54) is 11.3 Å². The zero-order valence-electron chi connectivity index (χ0n) is 9.92. The van der Waals surface area contributed by atoms with E-state index < -0.39 is 0 Å². The standard InChI is InChI=1S/C13H13ClN2OS/c1-7-3-4-10-9(5-7)11(15)12(18-10)13(17)16-6-8(2)14/h3-5H,2,6,15H2,1H3,(H,16,17). The van der Waals surface area contributed by atoms with E-state index in [0.717, 1.165) is 15.6 Å². The Morgan fingerprint density at radius 1 is 1.56 bits per heavy atom. The Bertz CT molecular complexity index is 633. The van der Waals surface area contributed by atoms with Crippen LogP contribution in [0.25, 0.3) is 10.1 Å². The van der Waals surface area contributed by atoms with Crippen LogP contribution in [0.4, 0.5) is 5.69 Å². The van der Waals surface area contributed by atoms with Gasteiger partial charge in [-0.2, -0.15) is 0 Å². The van der Waals surface area contributed by atoms with Crippen LogP contribution in [0.1, 0.15) is 15.2 Å². The van der Waals surface area contributed by atoms with Crippen LogP contribution in [0.3, 0.4) is 0 Å². The van der Waals surface area contributed by atoms with Gasteiger partial charge in [0, 0.05) is 15.1 Å². The highest BCUT2D eigenvalue weighted by molar-refractivity contribution is 7.21. The fourth-order valence-electron chi connectivity index (χ4n) is 1.66. The fraction of sp³-hybridized carbons (Fsp3) is 0.154. The van der Waals surface area contributed by atoms with Crippen molar-refractivity contribution < 1.29 is 4.79 Å². The molecule has 0 unspecified atom stereocenters. The van der Waals surface area contributed by atoms with E-state index >= 15 is 0 Å². The molecule has 0 saturated carbocycles. The third-order valence-corrected chi connectivity index (χ3v) is 3.85. The lowest BCUT2D eigenvalue weighted by Gasteiger charge is -2.02. The van der Waals surface area contributed by atoms with Gasteiger partial charge >= 0.3 is 0 Å². The summed E-state index contributed by atoms with van der Waals surface area (Å²) in [6, 6.07) is 5.96. The van der Waals surface area contributed by atoms with E-state index in [1.54, 1.807) is 0 Å². The number of nitrogen functional groups attached to an aromatic ring is 1. The third kappa shape index (κ3) is 2.49. The summed E-state index contributed by atoms with van der Waals surface area (Å²) in [5.74, 6) is -0.215. The number of hydrogen-bond donors (Lipinski definition) is 2. The van der Waals surface area contributed by atoms with Crippen molar-refractivity contribution in [2.75, 3.05) is 12.3 Å². The molecule has 1 aromatic heterocycles. The summed E-state index contributed by atoms with van der Waals surface area (Å²) in [5, 5.41) is 3.99. The van der Waals surface area contributed by atoms with Crippen LogP contribution < -0.4 is 11.1 Å². The van der Waals surface area contributed by atoms with Crippen molar-refractivity contribution in [1.82, 2.24) is 5.32 Å². The number of fused-ring (bicyclic) bond motifs is 1. The molecule has 0 bridgehead atoms. The number of thiophene rings is 1. The van der Waals surface area contributed by atoms with Gasteiger partial charge in [-0.1, -0.05) is 29.8 Å². The molecule has 18 heavy (non-hydrogen) atoms. The number of benzene rings is 1. The summed E-state index contributed by atoms with van der Waals surface area (Å²) < 4.78 is 1.01. The van der Waals surface area contributed by atoms with E-state index in [0.29, 0.717) is 15.6 Å². The first kappa shape index (κ1) is 12.9. The predicted octanol–water partition coefficient (Wildman–Crippen LogP) is 3.27. The predicted molar refractivity (Wildman–Crippen MR) is 78.3 cm³/mol. The molecule has 2 aromatic rings. The highest BCUT2D eigenvalue weighted by atomic mass is 35.5. The summed E-state index contributed by atoms with van der Waals surface area (Å²) in [5.41, 5.74) is 7.65. The average Bonchev–Trinajstić information content (AvgIpc) is 2.64. The number of anilines is 1. The number of amides is 1. The SMILES string of the molecule is C=C(Cl)CNC(=O)c1sc2ccc(C)cc2c1N. The molecule has 2 rings (SSSR count). The lowest BCUT2D eigenvalue weighted by molar-refractivity contribution is 0.0962. The Balaban J connectivity index is 2.36. The average molecular weight is 281 g/mol. The van der Waals surface area contributed by atoms with Gasteiger partial charge in [0.15, 0.2) is 0 Å². The highest BCUT2D eigenvalue weighted by Gasteiger charge is 2.16. The first-order valence-corrected chi connectivity index (χ1v) is 6.58. The van der Waals surface area contributed by atoms with Gasteiger partial charge in [0.2, 0.25) is 0 Å². The molecule has 0 atom stereocenters. The van der Waals surface area contributed by atoms with Crippen LogP contribution in [-0.4, -0.2) is 12.5 Å². The molecule has 0 saturated heterocycles. The van der Waals surface area contributed by atoms with Gasteiger partial charge < -0.3 is 11.1 Å². The molecule has 5 heteroatoms. The second kappa shape index (κ2) is 5.00. The monoisotopic (exact) mass is 280 g/mol. The Kier molecular flexibility index (Phi) is 3.59. The maximum absolute atomic E-state index is 11.9. The highest BCUT2D eigenvalue weighted by Crippen LogP contribution is 2.34. The van der Waals surface area contributed by atoms with E-state index in [1.807, 2.05) is 25.1 Å². The van der Waals surface area contributed by atoms with Crippen molar-refractivity contribution >= 4 is 44.6 Å². The minimum atomic E-state index is -0.215. The lowest BCUT2D eigenvalue weighted by Crippen LogP contribution is -2.24. The van der Waals surface area contributed by atoms with Gasteiger partial charge in [0.1, 0.15) is 4.88 Å². The normalized spacial score (nSPS) is 10.6. The Hall–Kier alpha value is -1.52. The van der Waals surface area contributed by atoms with Crippen molar-refractivity contribution in [3.8, 4) is 0 Å². The number of carbonyl (C=O) groups excluding carboxylic acids is 1. The maximum atomic E-state index is 11.9. The molecule has 0 aliphatic heterocycles. The van der Waals surface area contributed by atoms with Crippen LogP contribution in [0.5, 0.6) is 0 Å². The number of nitrogens with one attached hydrogen (secondary N) is 1. The van der Waals surface area contributed by atoms with Crippen molar-refractivity contribution in [3.63, 3.8) is 0 Å².